The van der Waals surface area contributed by atoms with E-state index in [1.54, 1.807) is 24.3 Å². The van der Waals surface area contributed by atoms with Gasteiger partial charge in [-0.2, -0.15) is 0 Å². The average Bonchev–Trinajstić information content (AvgIpc) is 3.10. The summed E-state index contributed by atoms with van der Waals surface area (Å²) < 4.78 is 13.0. The maximum Gasteiger partial charge on any atom is 0.226 e. The second kappa shape index (κ2) is 8.75. The summed E-state index contributed by atoms with van der Waals surface area (Å²) >= 11 is 1.35. The van der Waals surface area contributed by atoms with E-state index in [0.29, 0.717) is 5.13 Å². The molecule has 1 unspecified atom stereocenters. The topological polar surface area (TPSA) is 71.1 Å². The van der Waals surface area contributed by atoms with Gasteiger partial charge in [-0.05, 0) is 35.7 Å². The second-order valence-electron chi connectivity index (χ2n) is 6.50. The molecule has 5 nitrogen and oxygen atoms in total. The molecule has 0 radical (unpaired) electrons. The molecule has 0 aliphatic heterocycles. The molecule has 0 saturated carbocycles. The molecular formula is C21H20FN3O2S. The van der Waals surface area contributed by atoms with Gasteiger partial charge in [-0.15, -0.1) is 11.3 Å². The maximum absolute atomic E-state index is 13.0. The number of anilines is 2. The highest BCUT2D eigenvalue weighted by atomic mass is 32.1. The summed E-state index contributed by atoms with van der Waals surface area (Å²) in [6.07, 6.45) is 0.284. The fourth-order valence-corrected chi connectivity index (χ4v) is 3.48. The fraction of sp³-hybridized carbons (Fsp3) is 0.190. The summed E-state index contributed by atoms with van der Waals surface area (Å²) in [6.45, 7) is 3.39. The lowest BCUT2D eigenvalue weighted by atomic mass is 9.97. The van der Waals surface area contributed by atoms with Crippen molar-refractivity contribution >= 4 is 34.0 Å². The lowest BCUT2D eigenvalue weighted by Gasteiger charge is -2.11. The molecule has 7 heteroatoms. The van der Waals surface area contributed by atoms with Crippen LogP contribution in [0.2, 0.25) is 0 Å². The number of rotatable bonds is 6. The molecule has 1 atom stereocenters. The minimum Gasteiger partial charge on any atom is -0.326 e. The van der Waals surface area contributed by atoms with Crippen LogP contribution in [0.1, 0.15) is 31.7 Å². The number of aromatic nitrogens is 1. The van der Waals surface area contributed by atoms with Crippen molar-refractivity contribution in [2.45, 2.75) is 26.2 Å². The van der Waals surface area contributed by atoms with Crippen molar-refractivity contribution in [2.75, 3.05) is 10.6 Å². The summed E-state index contributed by atoms with van der Waals surface area (Å²) in [5, 5.41) is 7.93. The SMILES string of the molecule is CC(=O)Nc1ccc(-c2csc(NC(=O)CC(C)c3ccc(F)cc3)n2)cc1. The molecule has 0 saturated heterocycles. The standard InChI is InChI=1S/C21H20FN3O2S/c1-13(15-3-7-17(22)8-4-15)11-20(27)25-21-24-19(12-28-21)16-5-9-18(10-6-16)23-14(2)26/h3-10,12-13H,11H2,1-2H3,(H,23,26)(H,24,25,27). The van der Waals surface area contributed by atoms with Crippen molar-refractivity contribution in [3.8, 4) is 11.3 Å². The third-order valence-corrected chi connectivity index (χ3v) is 4.94. The highest BCUT2D eigenvalue weighted by Crippen LogP contribution is 2.27. The molecule has 0 fully saturated rings. The summed E-state index contributed by atoms with van der Waals surface area (Å²) in [6, 6.07) is 13.5. The van der Waals surface area contributed by atoms with Crippen LogP contribution in [0.5, 0.6) is 0 Å². The zero-order valence-electron chi connectivity index (χ0n) is 15.5. The van der Waals surface area contributed by atoms with Crippen LogP contribution in [0.15, 0.2) is 53.9 Å². The molecule has 2 N–H and O–H groups in total. The van der Waals surface area contributed by atoms with Crippen molar-refractivity contribution in [1.29, 1.82) is 0 Å². The van der Waals surface area contributed by atoms with Gasteiger partial charge in [0.2, 0.25) is 11.8 Å². The van der Waals surface area contributed by atoms with E-state index in [1.165, 1.54) is 30.4 Å². The molecule has 28 heavy (non-hydrogen) atoms. The minimum atomic E-state index is -0.291. The number of thiazole rings is 1. The zero-order chi connectivity index (χ0) is 20.1. The van der Waals surface area contributed by atoms with Gasteiger partial charge in [0.05, 0.1) is 5.69 Å². The third-order valence-electron chi connectivity index (χ3n) is 4.18. The Bertz CT molecular complexity index is 968. The number of carbonyl (C=O) groups is 2. The van der Waals surface area contributed by atoms with Crippen LogP contribution in [0.3, 0.4) is 0 Å². The monoisotopic (exact) mass is 397 g/mol. The number of nitrogens with one attached hydrogen (secondary N) is 2. The predicted molar refractivity (Wildman–Crippen MR) is 110 cm³/mol. The Morgan fingerprint density at radius 1 is 1.07 bits per heavy atom. The van der Waals surface area contributed by atoms with Gasteiger partial charge in [-0.1, -0.05) is 31.2 Å². The summed E-state index contributed by atoms with van der Waals surface area (Å²) in [4.78, 5) is 27.8. The number of nitrogens with zero attached hydrogens (tertiary/aromatic N) is 1. The van der Waals surface area contributed by atoms with Crippen LogP contribution in [0.4, 0.5) is 15.2 Å². The molecule has 3 rings (SSSR count). The predicted octanol–water partition coefficient (Wildman–Crippen LogP) is 5.04. The summed E-state index contributed by atoms with van der Waals surface area (Å²) in [5.74, 6) is -0.581. The first kappa shape index (κ1) is 19.7. The first-order chi connectivity index (χ1) is 13.4. The number of hydrogen-bond acceptors (Lipinski definition) is 4. The van der Waals surface area contributed by atoms with E-state index >= 15 is 0 Å². The van der Waals surface area contributed by atoms with E-state index in [9.17, 15) is 14.0 Å². The van der Waals surface area contributed by atoms with Gasteiger partial charge in [0.25, 0.3) is 0 Å². The third kappa shape index (κ3) is 5.23. The van der Waals surface area contributed by atoms with Gasteiger partial charge in [0.1, 0.15) is 5.82 Å². The molecule has 1 heterocycles. The van der Waals surface area contributed by atoms with E-state index in [1.807, 2.05) is 24.4 Å². The molecule has 144 valence electrons. The second-order valence-corrected chi connectivity index (χ2v) is 7.36. The first-order valence-corrected chi connectivity index (χ1v) is 9.67. The van der Waals surface area contributed by atoms with Crippen LogP contribution < -0.4 is 10.6 Å². The molecule has 0 bridgehead atoms. The van der Waals surface area contributed by atoms with E-state index < -0.39 is 0 Å². The van der Waals surface area contributed by atoms with Crippen LogP contribution in [0.25, 0.3) is 11.3 Å². The molecule has 1 aromatic heterocycles. The van der Waals surface area contributed by atoms with Crippen molar-refractivity contribution < 1.29 is 14.0 Å². The van der Waals surface area contributed by atoms with Gasteiger partial charge in [-0.3, -0.25) is 9.59 Å². The van der Waals surface area contributed by atoms with Gasteiger partial charge in [-0.25, -0.2) is 9.37 Å². The van der Waals surface area contributed by atoms with Crippen molar-refractivity contribution in [1.82, 2.24) is 4.98 Å². The number of carbonyl (C=O) groups excluding carboxylic acids is 2. The number of amides is 2. The van der Waals surface area contributed by atoms with E-state index in [-0.39, 0.29) is 30.0 Å². The highest BCUT2D eigenvalue weighted by Gasteiger charge is 2.13. The quantitative estimate of drug-likeness (QED) is 0.612. The normalized spacial score (nSPS) is 11.7. The molecule has 0 spiro atoms. The molecule has 0 aliphatic carbocycles. The zero-order valence-corrected chi connectivity index (χ0v) is 16.3. The Morgan fingerprint density at radius 3 is 2.39 bits per heavy atom. The Labute approximate surface area is 166 Å². The molecule has 3 aromatic rings. The lowest BCUT2D eigenvalue weighted by molar-refractivity contribution is -0.116. The van der Waals surface area contributed by atoms with E-state index in [0.717, 1.165) is 22.5 Å². The van der Waals surface area contributed by atoms with E-state index in [4.69, 9.17) is 0 Å². The van der Waals surface area contributed by atoms with Gasteiger partial charge >= 0.3 is 0 Å². The molecule has 2 amide bonds. The van der Waals surface area contributed by atoms with Crippen molar-refractivity contribution in [2.24, 2.45) is 0 Å². The summed E-state index contributed by atoms with van der Waals surface area (Å²) in [5.41, 5.74) is 3.28. The smallest absolute Gasteiger partial charge is 0.226 e. The van der Waals surface area contributed by atoms with Gasteiger partial charge < -0.3 is 10.6 Å². The Hall–Kier alpha value is -3.06. The number of halogens is 1. The van der Waals surface area contributed by atoms with Crippen LogP contribution in [-0.2, 0) is 9.59 Å². The van der Waals surface area contributed by atoms with Crippen LogP contribution in [-0.4, -0.2) is 16.8 Å². The maximum atomic E-state index is 13.0. The lowest BCUT2D eigenvalue weighted by Crippen LogP contribution is -2.14. The highest BCUT2D eigenvalue weighted by molar-refractivity contribution is 7.14. The van der Waals surface area contributed by atoms with Crippen molar-refractivity contribution in [3.05, 3.63) is 65.3 Å². The Balaban J connectivity index is 1.60. The first-order valence-electron chi connectivity index (χ1n) is 8.79. The summed E-state index contributed by atoms with van der Waals surface area (Å²) in [7, 11) is 0. The van der Waals surface area contributed by atoms with Crippen LogP contribution >= 0.6 is 11.3 Å². The largest absolute Gasteiger partial charge is 0.326 e. The van der Waals surface area contributed by atoms with Crippen molar-refractivity contribution in [3.63, 3.8) is 0 Å². The van der Waals surface area contributed by atoms with Gasteiger partial charge in [0, 0.05) is 30.0 Å². The number of benzene rings is 2. The number of hydrogen-bond donors (Lipinski definition) is 2. The molecule has 0 aliphatic rings. The fourth-order valence-electron chi connectivity index (χ4n) is 2.75. The Morgan fingerprint density at radius 2 is 1.75 bits per heavy atom. The molecule has 2 aromatic carbocycles. The van der Waals surface area contributed by atoms with E-state index in [2.05, 4.69) is 15.6 Å². The Kier molecular flexibility index (Phi) is 6.16. The minimum absolute atomic E-state index is 0.0265. The average molecular weight is 397 g/mol. The van der Waals surface area contributed by atoms with Gasteiger partial charge in [0.15, 0.2) is 5.13 Å². The van der Waals surface area contributed by atoms with Crippen LogP contribution in [0, 0.1) is 5.82 Å². The molecular weight excluding hydrogens is 377 g/mol.